The van der Waals surface area contributed by atoms with Crippen LogP contribution in [0.15, 0.2) is 82.0 Å². The monoisotopic (exact) mass is 399 g/mol. The first-order valence-corrected chi connectivity index (χ1v) is 9.70. The third-order valence-electron chi connectivity index (χ3n) is 4.26. The van der Waals surface area contributed by atoms with Gasteiger partial charge in [-0.3, -0.25) is 4.79 Å². The SMILES string of the molecule is O=C(C1=C([I+]c2ccccc2)[C@H]2C=C[C@@H]1C2)c1ccccc1. The molecule has 0 heterocycles. The fraction of sp³-hybridized carbons (Fsp3) is 0.150. The lowest BCUT2D eigenvalue weighted by atomic mass is 9.94. The van der Waals surface area contributed by atoms with Crippen molar-refractivity contribution < 1.29 is 26.0 Å². The number of allylic oxidation sites excluding steroid dienone is 4. The van der Waals surface area contributed by atoms with Crippen LogP contribution in [0.2, 0.25) is 0 Å². The maximum absolute atomic E-state index is 13.0. The summed E-state index contributed by atoms with van der Waals surface area (Å²) in [4.78, 5) is 13.0. The Kier molecular flexibility index (Phi) is 3.70. The summed E-state index contributed by atoms with van der Waals surface area (Å²) in [5.74, 6) is 1.08. The van der Waals surface area contributed by atoms with Crippen LogP contribution in [0.1, 0.15) is 16.8 Å². The van der Waals surface area contributed by atoms with Gasteiger partial charge in [-0.25, -0.2) is 0 Å². The van der Waals surface area contributed by atoms with Gasteiger partial charge in [-0.05, 0) is 18.6 Å². The van der Waals surface area contributed by atoms with Crippen molar-refractivity contribution >= 4 is 5.78 Å². The summed E-state index contributed by atoms with van der Waals surface area (Å²) in [5, 5.41) is 0. The van der Waals surface area contributed by atoms with Gasteiger partial charge in [-0.15, -0.1) is 0 Å². The van der Waals surface area contributed by atoms with Crippen LogP contribution in [0.5, 0.6) is 0 Å². The van der Waals surface area contributed by atoms with E-state index in [4.69, 9.17) is 0 Å². The molecule has 2 aliphatic carbocycles. The van der Waals surface area contributed by atoms with E-state index in [-0.39, 0.29) is 27.0 Å². The van der Waals surface area contributed by atoms with Crippen molar-refractivity contribution in [2.75, 3.05) is 0 Å². The van der Waals surface area contributed by atoms with Crippen LogP contribution in [-0.2, 0) is 0 Å². The molecule has 0 saturated carbocycles. The highest BCUT2D eigenvalue weighted by Gasteiger charge is 2.46. The quantitative estimate of drug-likeness (QED) is 0.430. The lowest BCUT2D eigenvalue weighted by Gasteiger charge is -2.08. The Morgan fingerprint density at radius 3 is 2.23 bits per heavy atom. The Labute approximate surface area is 141 Å². The zero-order valence-electron chi connectivity index (χ0n) is 12.1. The second-order valence-electron chi connectivity index (χ2n) is 5.68. The summed E-state index contributed by atoms with van der Waals surface area (Å²) in [6.07, 6.45) is 5.65. The molecule has 0 spiro atoms. The summed E-state index contributed by atoms with van der Waals surface area (Å²) >= 11 is -0.251. The number of hydrogen-bond donors (Lipinski definition) is 0. The lowest BCUT2D eigenvalue weighted by molar-refractivity contribution is -0.581. The molecule has 108 valence electrons. The van der Waals surface area contributed by atoms with Crippen molar-refractivity contribution in [3.05, 3.63) is 91.1 Å². The molecule has 2 atom stereocenters. The van der Waals surface area contributed by atoms with Crippen LogP contribution < -0.4 is 21.2 Å². The highest BCUT2D eigenvalue weighted by Crippen LogP contribution is 2.41. The second kappa shape index (κ2) is 5.84. The molecule has 0 fully saturated rings. The summed E-state index contributed by atoms with van der Waals surface area (Å²) in [5.41, 5.74) is 1.92. The van der Waals surface area contributed by atoms with Crippen molar-refractivity contribution in [1.82, 2.24) is 0 Å². The number of halogens is 1. The average Bonchev–Trinajstić information content (AvgIpc) is 3.17. The minimum atomic E-state index is -0.251. The third kappa shape index (κ3) is 2.45. The van der Waals surface area contributed by atoms with Gasteiger partial charge in [-0.2, -0.15) is 0 Å². The molecule has 1 nitrogen and oxygen atoms in total. The molecule has 2 bridgehead atoms. The Morgan fingerprint density at radius 2 is 1.50 bits per heavy atom. The fourth-order valence-electron chi connectivity index (χ4n) is 3.22. The number of Topliss-reactive ketones (excluding diaryl/α,β-unsaturated/α-hetero) is 1. The van der Waals surface area contributed by atoms with E-state index >= 15 is 0 Å². The van der Waals surface area contributed by atoms with E-state index in [2.05, 4.69) is 42.5 Å². The van der Waals surface area contributed by atoms with Crippen LogP contribution in [0, 0.1) is 15.4 Å². The number of carbonyl (C=O) groups excluding carboxylic acids is 1. The summed E-state index contributed by atoms with van der Waals surface area (Å²) in [7, 11) is 0. The molecule has 2 aromatic carbocycles. The smallest absolute Gasteiger partial charge is 0.289 e. The predicted molar refractivity (Wildman–Crippen MR) is 83.7 cm³/mol. The van der Waals surface area contributed by atoms with Gasteiger partial charge in [0.15, 0.2) is 12.9 Å². The van der Waals surface area contributed by atoms with E-state index in [9.17, 15) is 4.79 Å². The molecule has 2 aliphatic rings. The van der Waals surface area contributed by atoms with Crippen molar-refractivity contribution in [2.24, 2.45) is 11.8 Å². The van der Waals surface area contributed by atoms with E-state index in [0.29, 0.717) is 11.8 Å². The largest absolute Gasteiger partial charge is 0.354 e. The molecular formula is C20H16IO+. The van der Waals surface area contributed by atoms with E-state index < -0.39 is 0 Å². The van der Waals surface area contributed by atoms with Gasteiger partial charge in [-0.1, -0.05) is 60.7 Å². The van der Waals surface area contributed by atoms with Crippen molar-refractivity contribution in [3.8, 4) is 0 Å². The fourth-order valence-corrected chi connectivity index (χ4v) is 6.46. The van der Waals surface area contributed by atoms with Crippen LogP contribution in [-0.4, -0.2) is 5.78 Å². The van der Waals surface area contributed by atoms with Crippen molar-refractivity contribution in [3.63, 3.8) is 0 Å². The van der Waals surface area contributed by atoms with Gasteiger partial charge in [0.05, 0.1) is 5.57 Å². The maximum Gasteiger partial charge on any atom is 0.354 e. The topological polar surface area (TPSA) is 17.1 Å². The van der Waals surface area contributed by atoms with Gasteiger partial charge in [0.2, 0.25) is 0 Å². The van der Waals surface area contributed by atoms with E-state index in [1.54, 1.807) is 0 Å². The van der Waals surface area contributed by atoms with Crippen molar-refractivity contribution in [1.29, 1.82) is 0 Å². The first-order valence-electron chi connectivity index (χ1n) is 7.55. The maximum atomic E-state index is 13.0. The van der Waals surface area contributed by atoms with Crippen LogP contribution in [0.25, 0.3) is 0 Å². The van der Waals surface area contributed by atoms with Crippen LogP contribution in [0.3, 0.4) is 0 Å². The Morgan fingerprint density at radius 1 is 0.864 bits per heavy atom. The van der Waals surface area contributed by atoms with Crippen LogP contribution >= 0.6 is 0 Å². The summed E-state index contributed by atoms with van der Waals surface area (Å²) in [6, 6.07) is 20.4. The molecule has 0 N–H and O–H groups in total. The van der Waals surface area contributed by atoms with Gasteiger partial charge < -0.3 is 0 Å². The first-order chi connectivity index (χ1) is 10.8. The second-order valence-corrected chi connectivity index (χ2v) is 8.63. The molecule has 0 amide bonds. The summed E-state index contributed by atoms with van der Waals surface area (Å²) < 4.78 is 2.84. The van der Waals surface area contributed by atoms with Gasteiger partial charge in [0.25, 0.3) is 0 Å². The molecule has 22 heavy (non-hydrogen) atoms. The number of hydrogen-bond acceptors (Lipinski definition) is 1. The summed E-state index contributed by atoms with van der Waals surface area (Å²) in [6.45, 7) is 0. The van der Waals surface area contributed by atoms with Gasteiger partial charge in [0, 0.05) is 17.4 Å². The number of rotatable bonds is 4. The third-order valence-corrected chi connectivity index (χ3v) is 7.57. The van der Waals surface area contributed by atoms with Crippen molar-refractivity contribution in [2.45, 2.75) is 6.42 Å². The highest BCUT2D eigenvalue weighted by molar-refractivity contribution is 6.10. The molecule has 0 aliphatic heterocycles. The van der Waals surface area contributed by atoms with E-state index in [1.165, 1.54) is 7.15 Å². The average molecular weight is 399 g/mol. The standard InChI is InChI=1S/C20H16IO/c22-20(14-7-3-1-4-8-14)18-15-11-12-16(13-15)19(18)21-17-9-5-2-6-10-17/h1-12,15-16H,13H2/q+1/t15-,16+/m1/s1. The van der Waals surface area contributed by atoms with Gasteiger partial charge in [0.1, 0.15) is 0 Å². The Bertz CT molecular complexity index is 759. The molecule has 0 aromatic heterocycles. The minimum absolute atomic E-state index is 0.239. The number of ketones is 1. The molecule has 0 unspecified atom stereocenters. The molecule has 0 radical (unpaired) electrons. The molecule has 2 heteroatoms. The molecule has 0 saturated heterocycles. The zero-order chi connectivity index (χ0) is 14.9. The highest BCUT2D eigenvalue weighted by atomic mass is 127. The number of fused-ring (bicyclic) bond motifs is 2. The first kappa shape index (κ1) is 13.9. The molecule has 4 rings (SSSR count). The molecular weight excluding hydrogens is 383 g/mol. The normalized spacial score (nSPS) is 22.4. The number of carbonyl (C=O) groups is 1. The van der Waals surface area contributed by atoms with E-state index in [0.717, 1.165) is 17.6 Å². The van der Waals surface area contributed by atoms with E-state index in [1.807, 2.05) is 30.3 Å². The lowest BCUT2D eigenvalue weighted by Crippen LogP contribution is -3.61. The van der Waals surface area contributed by atoms with Crippen LogP contribution in [0.4, 0.5) is 0 Å². The Hall–Kier alpha value is -1.68. The zero-order valence-corrected chi connectivity index (χ0v) is 14.2. The minimum Gasteiger partial charge on any atom is -0.289 e. The number of benzene rings is 2. The van der Waals surface area contributed by atoms with Gasteiger partial charge >= 0.3 is 21.2 Å². The Balaban J connectivity index is 1.72. The predicted octanol–water partition coefficient (Wildman–Crippen LogP) is 1.29. The molecule has 2 aromatic rings.